The van der Waals surface area contributed by atoms with E-state index in [0.717, 1.165) is 11.3 Å². The maximum atomic E-state index is 11.6. The molecule has 0 aromatic heterocycles. The molecule has 0 bridgehead atoms. The van der Waals surface area contributed by atoms with Crippen molar-refractivity contribution in [2.75, 3.05) is 13.7 Å². The van der Waals surface area contributed by atoms with E-state index in [0.29, 0.717) is 0 Å². The number of hydrogen-bond donors (Lipinski definition) is 1. The van der Waals surface area contributed by atoms with Crippen LogP contribution in [0, 0.1) is 0 Å². The number of rotatable bonds is 5. The van der Waals surface area contributed by atoms with Crippen LogP contribution in [0.2, 0.25) is 0 Å². The quantitative estimate of drug-likeness (QED) is 0.641. The monoisotopic (exact) mass is 250 g/mol. The predicted molar refractivity (Wildman–Crippen MR) is 69.3 cm³/mol. The molecule has 98 valence electrons. The van der Waals surface area contributed by atoms with Crippen LogP contribution in [-0.4, -0.2) is 30.9 Å². The SMILES string of the molecule is CCOC(=O)/C(=C\c1ccc(OC)cc1)[C@H](C)O. The number of methoxy groups -OCH3 is 1. The fourth-order valence-corrected chi connectivity index (χ4v) is 1.44. The number of aliphatic hydroxyl groups excluding tert-OH is 1. The summed E-state index contributed by atoms with van der Waals surface area (Å²) in [7, 11) is 1.59. The zero-order valence-electron chi connectivity index (χ0n) is 10.8. The summed E-state index contributed by atoms with van der Waals surface area (Å²) in [5, 5.41) is 9.58. The normalized spacial score (nSPS) is 13.0. The van der Waals surface area contributed by atoms with Crippen LogP contribution < -0.4 is 4.74 Å². The van der Waals surface area contributed by atoms with Gasteiger partial charge in [0.2, 0.25) is 0 Å². The van der Waals surface area contributed by atoms with Crippen LogP contribution >= 0.6 is 0 Å². The van der Waals surface area contributed by atoms with Crippen LogP contribution in [-0.2, 0) is 9.53 Å². The first kappa shape index (κ1) is 14.3. The first-order valence-electron chi connectivity index (χ1n) is 5.79. The first-order valence-corrected chi connectivity index (χ1v) is 5.79. The van der Waals surface area contributed by atoms with Gasteiger partial charge in [0.25, 0.3) is 0 Å². The van der Waals surface area contributed by atoms with Crippen molar-refractivity contribution in [2.24, 2.45) is 0 Å². The molecule has 18 heavy (non-hydrogen) atoms. The molecule has 1 rings (SSSR count). The number of carbonyl (C=O) groups is 1. The molecule has 0 spiro atoms. The third-order valence-corrected chi connectivity index (χ3v) is 2.40. The number of hydrogen-bond acceptors (Lipinski definition) is 4. The summed E-state index contributed by atoms with van der Waals surface area (Å²) < 4.78 is 9.94. The Morgan fingerprint density at radius 2 is 2.00 bits per heavy atom. The summed E-state index contributed by atoms with van der Waals surface area (Å²) in [6.07, 6.45) is 0.744. The van der Waals surface area contributed by atoms with Crippen molar-refractivity contribution in [3.63, 3.8) is 0 Å². The lowest BCUT2D eigenvalue weighted by molar-refractivity contribution is -0.139. The number of benzene rings is 1. The van der Waals surface area contributed by atoms with Crippen LogP contribution in [0.15, 0.2) is 29.8 Å². The van der Waals surface area contributed by atoms with E-state index < -0.39 is 12.1 Å². The Labute approximate surface area is 107 Å². The largest absolute Gasteiger partial charge is 0.497 e. The summed E-state index contributed by atoms with van der Waals surface area (Å²) in [5.74, 6) is 0.241. The highest BCUT2D eigenvalue weighted by molar-refractivity contribution is 5.94. The molecule has 0 saturated carbocycles. The molecule has 1 atom stereocenters. The van der Waals surface area contributed by atoms with E-state index >= 15 is 0 Å². The zero-order chi connectivity index (χ0) is 13.5. The molecule has 0 saturated heterocycles. The van der Waals surface area contributed by atoms with Gasteiger partial charge in [0.05, 0.1) is 25.4 Å². The summed E-state index contributed by atoms with van der Waals surface area (Å²) in [6, 6.07) is 7.19. The van der Waals surface area contributed by atoms with Crippen LogP contribution in [0.4, 0.5) is 0 Å². The maximum Gasteiger partial charge on any atom is 0.336 e. The molecule has 4 nitrogen and oxygen atoms in total. The van der Waals surface area contributed by atoms with Crippen molar-refractivity contribution in [2.45, 2.75) is 20.0 Å². The van der Waals surface area contributed by atoms with Gasteiger partial charge in [0.15, 0.2) is 0 Å². The van der Waals surface area contributed by atoms with Crippen molar-refractivity contribution in [3.8, 4) is 5.75 Å². The second-order valence-electron chi connectivity index (χ2n) is 3.77. The topological polar surface area (TPSA) is 55.8 Å². The number of aliphatic hydroxyl groups is 1. The lowest BCUT2D eigenvalue weighted by Gasteiger charge is -2.09. The zero-order valence-corrected chi connectivity index (χ0v) is 10.8. The van der Waals surface area contributed by atoms with Gasteiger partial charge in [0.1, 0.15) is 5.75 Å². The number of esters is 1. The van der Waals surface area contributed by atoms with Gasteiger partial charge in [-0.25, -0.2) is 4.79 Å². The maximum absolute atomic E-state index is 11.6. The van der Waals surface area contributed by atoms with Crippen molar-refractivity contribution < 1.29 is 19.4 Å². The molecule has 0 fully saturated rings. The van der Waals surface area contributed by atoms with E-state index in [4.69, 9.17) is 9.47 Å². The molecule has 1 aromatic rings. The highest BCUT2D eigenvalue weighted by Gasteiger charge is 2.15. The predicted octanol–water partition coefficient (Wildman–Crippen LogP) is 2.02. The average Bonchev–Trinajstić information content (AvgIpc) is 2.36. The lowest BCUT2D eigenvalue weighted by Crippen LogP contribution is -2.17. The molecular weight excluding hydrogens is 232 g/mol. The molecule has 0 amide bonds. The minimum absolute atomic E-state index is 0.238. The van der Waals surface area contributed by atoms with E-state index in [2.05, 4.69) is 0 Å². The molecule has 0 aliphatic heterocycles. The Bertz CT molecular complexity index is 418. The van der Waals surface area contributed by atoms with E-state index in [1.165, 1.54) is 6.92 Å². The average molecular weight is 250 g/mol. The minimum Gasteiger partial charge on any atom is -0.497 e. The number of carbonyl (C=O) groups excluding carboxylic acids is 1. The van der Waals surface area contributed by atoms with Crippen LogP contribution in [0.1, 0.15) is 19.4 Å². The minimum atomic E-state index is -0.869. The highest BCUT2D eigenvalue weighted by Crippen LogP contribution is 2.16. The second kappa shape index (κ2) is 6.81. The standard InChI is InChI=1S/C14H18O4/c1-4-18-14(16)13(10(2)15)9-11-5-7-12(17-3)8-6-11/h5-10,15H,4H2,1-3H3/b13-9-/t10-/m0/s1. The smallest absolute Gasteiger partial charge is 0.336 e. The van der Waals surface area contributed by atoms with Crippen molar-refractivity contribution >= 4 is 12.0 Å². The number of ether oxygens (including phenoxy) is 2. The van der Waals surface area contributed by atoms with Gasteiger partial charge in [-0.2, -0.15) is 0 Å². The Morgan fingerprint density at radius 1 is 1.39 bits per heavy atom. The molecule has 0 aliphatic carbocycles. The third-order valence-electron chi connectivity index (χ3n) is 2.40. The van der Waals surface area contributed by atoms with Crippen LogP contribution in [0.3, 0.4) is 0 Å². The molecule has 1 N–H and O–H groups in total. The summed E-state index contributed by atoms with van der Waals surface area (Å²) in [6.45, 7) is 3.54. The van der Waals surface area contributed by atoms with E-state index in [9.17, 15) is 9.90 Å². The first-order chi connectivity index (χ1) is 8.58. The Morgan fingerprint density at radius 3 is 2.44 bits per heavy atom. The Hall–Kier alpha value is -1.81. The summed E-state index contributed by atoms with van der Waals surface area (Å²) in [5.41, 5.74) is 1.04. The van der Waals surface area contributed by atoms with Crippen molar-refractivity contribution in [1.82, 2.24) is 0 Å². The van der Waals surface area contributed by atoms with E-state index in [-0.39, 0.29) is 12.2 Å². The highest BCUT2D eigenvalue weighted by atomic mass is 16.5. The molecule has 4 heteroatoms. The molecule has 0 radical (unpaired) electrons. The fourth-order valence-electron chi connectivity index (χ4n) is 1.44. The molecule has 1 aromatic carbocycles. The van der Waals surface area contributed by atoms with Gasteiger partial charge < -0.3 is 14.6 Å². The van der Waals surface area contributed by atoms with Gasteiger partial charge in [-0.05, 0) is 37.6 Å². The van der Waals surface area contributed by atoms with Crippen LogP contribution in [0.5, 0.6) is 5.75 Å². The van der Waals surface area contributed by atoms with Gasteiger partial charge in [0, 0.05) is 0 Å². The fraction of sp³-hybridized carbons (Fsp3) is 0.357. The van der Waals surface area contributed by atoms with Crippen molar-refractivity contribution in [1.29, 1.82) is 0 Å². The van der Waals surface area contributed by atoms with Gasteiger partial charge in [-0.15, -0.1) is 0 Å². The Balaban J connectivity index is 2.96. The lowest BCUT2D eigenvalue weighted by atomic mass is 10.1. The summed E-state index contributed by atoms with van der Waals surface area (Å²) >= 11 is 0. The van der Waals surface area contributed by atoms with Crippen LogP contribution in [0.25, 0.3) is 6.08 Å². The molecule has 0 aliphatic rings. The molecule has 0 unspecified atom stereocenters. The second-order valence-corrected chi connectivity index (χ2v) is 3.77. The van der Waals surface area contributed by atoms with Crippen molar-refractivity contribution in [3.05, 3.63) is 35.4 Å². The van der Waals surface area contributed by atoms with E-state index in [1.54, 1.807) is 44.4 Å². The van der Waals surface area contributed by atoms with Gasteiger partial charge in [-0.3, -0.25) is 0 Å². The van der Waals surface area contributed by atoms with E-state index in [1.807, 2.05) is 0 Å². The van der Waals surface area contributed by atoms with Gasteiger partial charge >= 0.3 is 5.97 Å². The molecule has 0 heterocycles. The molecular formula is C14H18O4. The Kier molecular flexibility index (Phi) is 5.39. The summed E-state index contributed by atoms with van der Waals surface area (Å²) in [4.78, 5) is 11.6. The third kappa shape index (κ3) is 3.89. The van der Waals surface area contributed by atoms with Gasteiger partial charge in [-0.1, -0.05) is 12.1 Å².